The molecule has 1 N–H and O–H groups in total. The van der Waals surface area contributed by atoms with E-state index in [0.717, 1.165) is 19.1 Å². The number of likely N-dealkylation sites (N-methyl/N-ethyl adjacent to an activating group) is 1. The minimum Gasteiger partial charge on any atom is -0.381 e. The summed E-state index contributed by atoms with van der Waals surface area (Å²) in [5, 5.41) is 3.37. The van der Waals surface area contributed by atoms with E-state index in [-0.39, 0.29) is 12.5 Å². The normalized spacial score (nSPS) is 20.2. The Labute approximate surface area is 180 Å². The first-order valence-corrected chi connectivity index (χ1v) is 10.5. The quantitative estimate of drug-likeness (QED) is 0.559. The van der Waals surface area contributed by atoms with Gasteiger partial charge in [0.2, 0.25) is 5.91 Å². The maximum Gasteiger partial charge on any atom is 0.416 e. The molecule has 0 radical (unpaired) electrons. The molecule has 1 atom stereocenters. The van der Waals surface area contributed by atoms with E-state index < -0.39 is 11.7 Å². The third-order valence-electron chi connectivity index (χ3n) is 5.55. The summed E-state index contributed by atoms with van der Waals surface area (Å²) in [5.41, 5.74) is -0.0795. The van der Waals surface area contributed by atoms with E-state index >= 15 is 0 Å². The molecule has 1 amide bonds. The van der Waals surface area contributed by atoms with Crippen molar-refractivity contribution in [2.45, 2.75) is 12.6 Å². The molecule has 2 saturated heterocycles. The number of anilines is 1. The first-order valence-electron chi connectivity index (χ1n) is 10.5. The highest BCUT2D eigenvalue weighted by atomic mass is 19.4. The number of hydrogen-bond donors (Lipinski definition) is 1. The van der Waals surface area contributed by atoms with Gasteiger partial charge in [-0.15, -0.1) is 0 Å². The lowest BCUT2D eigenvalue weighted by Crippen LogP contribution is -2.53. The highest BCUT2D eigenvalue weighted by Gasteiger charge is 2.31. The van der Waals surface area contributed by atoms with Crippen molar-refractivity contribution in [3.63, 3.8) is 0 Å². The molecule has 31 heavy (non-hydrogen) atoms. The number of carbonyl (C=O) groups excluding carboxylic acids is 1. The molecule has 0 saturated carbocycles. The summed E-state index contributed by atoms with van der Waals surface area (Å²) in [5.74, 6) is 0.970. The summed E-state index contributed by atoms with van der Waals surface area (Å²) in [6.07, 6.45) is -3.37. The van der Waals surface area contributed by atoms with Crippen LogP contribution in [-0.4, -0.2) is 88.2 Å². The standard InChI is InChI=1S/C21H30F3N5O2/c1-27(2)19(30)14-26-20(25-13-16-6-11-31-15-16)29-9-7-28(8-10-29)18-5-3-4-17(12-18)21(22,23)24/h3-5,12,16H,6-11,13-15H2,1-2H3,(H,25,26). The fraction of sp³-hybridized carbons (Fsp3) is 0.619. The van der Waals surface area contributed by atoms with E-state index in [4.69, 9.17) is 4.74 Å². The lowest BCUT2D eigenvalue weighted by molar-refractivity contribution is -0.137. The Bertz CT molecular complexity index is 771. The monoisotopic (exact) mass is 441 g/mol. The Kier molecular flexibility index (Phi) is 7.64. The molecule has 2 aliphatic heterocycles. The average Bonchev–Trinajstić information content (AvgIpc) is 3.27. The zero-order valence-corrected chi connectivity index (χ0v) is 18.0. The minimum absolute atomic E-state index is 0.0460. The molecule has 3 rings (SSSR count). The van der Waals surface area contributed by atoms with E-state index in [1.807, 2.05) is 4.90 Å². The van der Waals surface area contributed by atoms with Gasteiger partial charge in [0.05, 0.1) is 12.2 Å². The fourth-order valence-electron chi connectivity index (χ4n) is 3.59. The molecule has 7 nitrogen and oxygen atoms in total. The van der Waals surface area contributed by atoms with Crippen LogP contribution in [0.1, 0.15) is 12.0 Å². The molecule has 1 unspecified atom stereocenters. The number of guanidine groups is 1. The molecule has 172 valence electrons. The van der Waals surface area contributed by atoms with Gasteiger partial charge in [-0.2, -0.15) is 13.2 Å². The summed E-state index contributed by atoms with van der Waals surface area (Å²) < 4.78 is 44.5. The van der Waals surface area contributed by atoms with Crippen LogP contribution in [0.15, 0.2) is 29.3 Å². The van der Waals surface area contributed by atoms with Crippen molar-refractivity contribution >= 4 is 17.6 Å². The number of nitrogens with zero attached hydrogens (tertiary/aromatic N) is 4. The van der Waals surface area contributed by atoms with Gasteiger partial charge >= 0.3 is 6.18 Å². The molecule has 0 bridgehead atoms. The third-order valence-corrected chi connectivity index (χ3v) is 5.55. The van der Waals surface area contributed by atoms with Crippen molar-refractivity contribution in [3.8, 4) is 0 Å². The van der Waals surface area contributed by atoms with Crippen molar-refractivity contribution in [1.29, 1.82) is 0 Å². The first kappa shape index (κ1) is 23.2. The van der Waals surface area contributed by atoms with Crippen LogP contribution >= 0.6 is 0 Å². The number of aliphatic imine (C=N–C) groups is 1. The summed E-state index contributed by atoms with van der Waals surface area (Å²) in [6, 6.07) is 5.42. The number of hydrogen-bond acceptors (Lipinski definition) is 4. The van der Waals surface area contributed by atoms with Crippen LogP contribution in [0.2, 0.25) is 0 Å². The van der Waals surface area contributed by atoms with Gasteiger partial charge in [0, 0.05) is 65.0 Å². The highest BCUT2D eigenvalue weighted by molar-refractivity contribution is 5.85. The molecule has 0 aromatic heterocycles. The number of nitrogens with one attached hydrogen (secondary N) is 1. The van der Waals surface area contributed by atoms with Crippen LogP contribution in [0.5, 0.6) is 0 Å². The van der Waals surface area contributed by atoms with E-state index in [2.05, 4.69) is 15.2 Å². The van der Waals surface area contributed by atoms with Gasteiger partial charge in [-0.25, -0.2) is 4.99 Å². The lowest BCUT2D eigenvalue weighted by Gasteiger charge is -2.38. The molecule has 2 heterocycles. The Morgan fingerprint density at radius 1 is 1.26 bits per heavy atom. The second-order valence-electron chi connectivity index (χ2n) is 8.06. The second-order valence-corrected chi connectivity index (χ2v) is 8.06. The molecule has 0 aliphatic carbocycles. The van der Waals surface area contributed by atoms with Gasteiger partial charge in [-0.3, -0.25) is 4.79 Å². The van der Waals surface area contributed by atoms with Gasteiger partial charge in [-0.1, -0.05) is 6.07 Å². The van der Waals surface area contributed by atoms with Crippen LogP contribution in [0, 0.1) is 5.92 Å². The number of benzene rings is 1. The lowest BCUT2D eigenvalue weighted by atomic mass is 10.1. The van der Waals surface area contributed by atoms with Crippen LogP contribution in [0.25, 0.3) is 0 Å². The van der Waals surface area contributed by atoms with Crippen molar-refractivity contribution in [2.75, 3.05) is 71.5 Å². The zero-order chi connectivity index (χ0) is 22.4. The Morgan fingerprint density at radius 2 is 2.00 bits per heavy atom. The zero-order valence-electron chi connectivity index (χ0n) is 18.0. The molecule has 2 fully saturated rings. The Morgan fingerprint density at radius 3 is 2.61 bits per heavy atom. The topological polar surface area (TPSA) is 60.4 Å². The van der Waals surface area contributed by atoms with Gasteiger partial charge in [-0.05, 0) is 24.6 Å². The van der Waals surface area contributed by atoms with Crippen LogP contribution in [-0.2, 0) is 15.7 Å². The van der Waals surface area contributed by atoms with Crippen LogP contribution in [0.3, 0.4) is 0 Å². The van der Waals surface area contributed by atoms with Crippen molar-refractivity contribution in [2.24, 2.45) is 10.9 Å². The van der Waals surface area contributed by atoms with Crippen molar-refractivity contribution in [3.05, 3.63) is 29.8 Å². The number of rotatable bonds is 5. The fourth-order valence-corrected chi connectivity index (χ4v) is 3.59. The number of piperazine rings is 1. The van der Waals surface area contributed by atoms with Crippen LogP contribution < -0.4 is 10.2 Å². The highest BCUT2D eigenvalue weighted by Crippen LogP contribution is 2.31. The van der Waals surface area contributed by atoms with Gasteiger partial charge in [0.15, 0.2) is 5.96 Å². The summed E-state index contributed by atoms with van der Waals surface area (Å²) in [4.78, 5) is 22.0. The summed E-state index contributed by atoms with van der Waals surface area (Å²) in [7, 11) is 3.38. The van der Waals surface area contributed by atoms with E-state index in [1.165, 1.54) is 17.0 Å². The first-order chi connectivity index (χ1) is 14.7. The maximum atomic E-state index is 13.0. The average molecular weight is 441 g/mol. The minimum atomic E-state index is -4.36. The van der Waals surface area contributed by atoms with E-state index in [0.29, 0.717) is 56.9 Å². The predicted molar refractivity (Wildman–Crippen MR) is 113 cm³/mol. The molecule has 0 spiro atoms. The molecule has 1 aromatic rings. The number of ether oxygens (including phenoxy) is 1. The summed E-state index contributed by atoms with van der Waals surface area (Å²) >= 11 is 0. The SMILES string of the molecule is CN(C)C(=O)CN=C(NCC1CCOC1)N1CCN(c2cccc(C(F)(F)F)c2)CC1. The summed E-state index contributed by atoms with van der Waals surface area (Å²) in [6.45, 7) is 4.55. The van der Waals surface area contributed by atoms with Gasteiger partial charge < -0.3 is 24.8 Å². The molecular formula is C21H30F3N5O2. The van der Waals surface area contributed by atoms with Crippen LogP contribution in [0.4, 0.5) is 18.9 Å². The second kappa shape index (κ2) is 10.2. The van der Waals surface area contributed by atoms with Gasteiger partial charge in [0.1, 0.15) is 6.54 Å². The maximum absolute atomic E-state index is 13.0. The molecule has 1 aromatic carbocycles. The number of carbonyl (C=O) groups is 1. The smallest absolute Gasteiger partial charge is 0.381 e. The third kappa shape index (κ3) is 6.49. The number of alkyl halides is 3. The largest absolute Gasteiger partial charge is 0.416 e. The van der Waals surface area contributed by atoms with Gasteiger partial charge in [0.25, 0.3) is 0 Å². The molecule has 10 heteroatoms. The Hall–Kier alpha value is -2.49. The number of amides is 1. The Balaban J connectivity index is 1.63. The van der Waals surface area contributed by atoms with Crippen molar-refractivity contribution in [1.82, 2.24) is 15.1 Å². The van der Waals surface area contributed by atoms with E-state index in [9.17, 15) is 18.0 Å². The van der Waals surface area contributed by atoms with Crippen molar-refractivity contribution < 1.29 is 22.7 Å². The van der Waals surface area contributed by atoms with E-state index in [1.54, 1.807) is 20.2 Å². The molecular weight excluding hydrogens is 411 g/mol. The number of halogens is 3. The molecule has 2 aliphatic rings. The predicted octanol–water partition coefficient (Wildman–Crippen LogP) is 1.90.